The van der Waals surface area contributed by atoms with E-state index in [0.29, 0.717) is 16.4 Å². The first-order chi connectivity index (χ1) is 7.61. The number of aryl methyl sites for hydroxylation is 2. The molecule has 0 unspecified atom stereocenters. The van der Waals surface area contributed by atoms with Gasteiger partial charge in [-0.2, -0.15) is 5.10 Å². The number of hydrogen-bond acceptors (Lipinski definition) is 3. The molecule has 0 atom stereocenters. The summed E-state index contributed by atoms with van der Waals surface area (Å²) in [7, 11) is 0. The van der Waals surface area contributed by atoms with Gasteiger partial charge in [0.2, 0.25) is 0 Å². The molecule has 16 heavy (non-hydrogen) atoms. The molecule has 0 aliphatic rings. The summed E-state index contributed by atoms with van der Waals surface area (Å²) in [5.74, 6) is 1.45. The molecule has 2 rings (SSSR count). The van der Waals surface area contributed by atoms with Crippen LogP contribution in [0.1, 0.15) is 22.0 Å². The second kappa shape index (κ2) is 4.06. The van der Waals surface area contributed by atoms with E-state index in [1.54, 1.807) is 22.9 Å². The van der Waals surface area contributed by atoms with Gasteiger partial charge in [0.15, 0.2) is 0 Å². The van der Waals surface area contributed by atoms with Crippen molar-refractivity contribution < 1.29 is 4.79 Å². The third kappa shape index (κ3) is 1.84. The van der Waals surface area contributed by atoms with Gasteiger partial charge in [-0.25, -0.2) is 9.67 Å². The molecule has 0 saturated heterocycles. The van der Waals surface area contributed by atoms with Crippen molar-refractivity contribution >= 4 is 17.9 Å². The van der Waals surface area contributed by atoms with Crippen LogP contribution >= 0.6 is 11.6 Å². The lowest BCUT2D eigenvalue weighted by molar-refractivity contribution is 0.112. The quantitative estimate of drug-likeness (QED) is 0.751. The van der Waals surface area contributed by atoms with E-state index in [2.05, 4.69) is 10.1 Å². The van der Waals surface area contributed by atoms with Crippen LogP contribution in [0, 0.1) is 13.8 Å². The van der Waals surface area contributed by atoms with Crippen molar-refractivity contribution in [2.24, 2.45) is 0 Å². The van der Waals surface area contributed by atoms with E-state index >= 15 is 0 Å². The van der Waals surface area contributed by atoms with Crippen molar-refractivity contribution in [1.29, 1.82) is 0 Å². The average molecular weight is 236 g/mol. The first-order valence-electron chi connectivity index (χ1n) is 4.77. The Kier molecular flexibility index (Phi) is 2.75. The fourth-order valence-electron chi connectivity index (χ4n) is 1.52. The minimum absolute atomic E-state index is 0.484. The SMILES string of the molecule is Cc1nc(C)n(-c2ccc(C=O)cc2Cl)n1. The van der Waals surface area contributed by atoms with Crippen LogP contribution in [0.5, 0.6) is 0 Å². The lowest BCUT2D eigenvalue weighted by Crippen LogP contribution is -2.00. The number of carbonyl (C=O) groups is 1. The minimum Gasteiger partial charge on any atom is -0.298 e. The van der Waals surface area contributed by atoms with E-state index < -0.39 is 0 Å². The molecule has 0 bridgehead atoms. The maximum Gasteiger partial charge on any atom is 0.150 e. The van der Waals surface area contributed by atoms with Crippen LogP contribution in [-0.4, -0.2) is 21.1 Å². The number of aromatic nitrogens is 3. The van der Waals surface area contributed by atoms with Gasteiger partial charge in [0, 0.05) is 5.56 Å². The molecule has 2 aromatic rings. The van der Waals surface area contributed by atoms with E-state index in [0.717, 1.165) is 17.8 Å². The summed E-state index contributed by atoms with van der Waals surface area (Å²) >= 11 is 6.08. The van der Waals surface area contributed by atoms with Gasteiger partial charge in [-0.3, -0.25) is 4.79 Å². The zero-order valence-corrected chi connectivity index (χ0v) is 9.69. The van der Waals surface area contributed by atoms with Crippen molar-refractivity contribution in [3.05, 3.63) is 40.4 Å². The highest BCUT2D eigenvalue weighted by Crippen LogP contribution is 2.21. The van der Waals surface area contributed by atoms with Crippen molar-refractivity contribution in [3.63, 3.8) is 0 Å². The van der Waals surface area contributed by atoms with Crippen molar-refractivity contribution in [3.8, 4) is 5.69 Å². The van der Waals surface area contributed by atoms with E-state index in [1.807, 2.05) is 13.8 Å². The minimum atomic E-state index is 0.484. The maximum absolute atomic E-state index is 10.6. The summed E-state index contributed by atoms with van der Waals surface area (Å²) in [5, 5.41) is 4.71. The third-order valence-corrected chi connectivity index (χ3v) is 2.51. The monoisotopic (exact) mass is 235 g/mol. The Balaban J connectivity index is 2.56. The Hall–Kier alpha value is -1.68. The molecule has 0 aliphatic heterocycles. The highest BCUT2D eigenvalue weighted by molar-refractivity contribution is 6.32. The zero-order chi connectivity index (χ0) is 11.7. The van der Waals surface area contributed by atoms with Crippen LogP contribution < -0.4 is 0 Å². The zero-order valence-electron chi connectivity index (χ0n) is 8.94. The van der Waals surface area contributed by atoms with Gasteiger partial charge in [0.1, 0.15) is 17.9 Å². The van der Waals surface area contributed by atoms with Gasteiger partial charge in [-0.1, -0.05) is 11.6 Å². The van der Waals surface area contributed by atoms with E-state index in [4.69, 9.17) is 11.6 Å². The van der Waals surface area contributed by atoms with Gasteiger partial charge in [0.05, 0.1) is 10.7 Å². The van der Waals surface area contributed by atoms with Gasteiger partial charge in [0.25, 0.3) is 0 Å². The highest BCUT2D eigenvalue weighted by atomic mass is 35.5. The van der Waals surface area contributed by atoms with E-state index in [9.17, 15) is 4.79 Å². The topological polar surface area (TPSA) is 47.8 Å². The van der Waals surface area contributed by atoms with E-state index in [1.165, 1.54) is 0 Å². The number of rotatable bonds is 2. The molecule has 1 aromatic carbocycles. The number of carbonyl (C=O) groups excluding carboxylic acids is 1. The number of hydrogen-bond donors (Lipinski definition) is 0. The first kappa shape index (κ1) is 10.8. The summed E-state index contributed by atoms with van der Waals surface area (Å²) in [6, 6.07) is 5.07. The Morgan fingerprint density at radius 2 is 2.12 bits per heavy atom. The molecule has 0 aliphatic carbocycles. The van der Waals surface area contributed by atoms with Crippen LogP contribution in [0.4, 0.5) is 0 Å². The molecule has 82 valence electrons. The van der Waals surface area contributed by atoms with Crippen molar-refractivity contribution in [1.82, 2.24) is 14.8 Å². The summed E-state index contributed by atoms with van der Waals surface area (Å²) < 4.78 is 1.66. The summed E-state index contributed by atoms with van der Waals surface area (Å²) in [5.41, 5.74) is 1.27. The fourth-order valence-corrected chi connectivity index (χ4v) is 1.79. The number of nitrogens with zero attached hydrogens (tertiary/aromatic N) is 3. The Bertz CT molecular complexity index is 548. The molecule has 0 N–H and O–H groups in total. The molecule has 1 aromatic heterocycles. The molecule has 5 heteroatoms. The van der Waals surface area contributed by atoms with Gasteiger partial charge in [-0.15, -0.1) is 0 Å². The molecule has 0 spiro atoms. The lowest BCUT2D eigenvalue weighted by Gasteiger charge is -2.05. The number of aldehydes is 1. The molecule has 0 fully saturated rings. The Labute approximate surface area is 97.9 Å². The van der Waals surface area contributed by atoms with Crippen LogP contribution in [0.15, 0.2) is 18.2 Å². The molecule has 0 amide bonds. The smallest absolute Gasteiger partial charge is 0.150 e. The molecular formula is C11H10ClN3O. The van der Waals surface area contributed by atoms with Crippen molar-refractivity contribution in [2.75, 3.05) is 0 Å². The third-order valence-electron chi connectivity index (χ3n) is 2.21. The van der Waals surface area contributed by atoms with Crippen LogP contribution in [0.3, 0.4) is 0 Å². The van der Waals surface area contributed by atoms with Gasteiger partial charge >= 0.3 is 0 Å². The molecule has 0 radical (unpaired) electrons. The summed E-state index contributed by atoms with van der Waals surface area (Å²) in [4.78, 5) is 14.8. The van der Waals surface area contributed by atoms with Crippen LogP contribution in [0.25, 0.3) is 5.69 Å². The predicted molar refractivity (Wildman–Crippen MR) is 61.2 cm³/mol. The fraction of sp³-hybridized carbons (Fsp3) is 0.182. The Morgan fingerprint density at radius 1 is 1.38 bits per heavy atom. The second-order valence-corrected chi connectivity index (χ2v) is 3.85. The number of halogens is 1. The largest absolute Gasteiger partial charge is 0.298 e. The van der Waals surface area contributed by atoms with Gasteiger partial charge in [-0.05, 0) is 32.0 Å². The molecular weight excluding hydrogens is 226 g/mol. The molecule has 0 saturated carbocycles. The lowest BCUT2D eigenvalue weighted by atomic mass is 10.2. The Morgan fingerprint density at radius 3 is 2.62 bits per heavy atom. The van der Waals surface area contributed by atoms with Gasteiger partial charge < -0.3 is 0 Å². The summed E-state index contributed by atoms with van der Waals surface area (Å²) in [6.07, 6.45) is 0.759. The maximum atomic E-state index is 10.6. The number of benzene rings is 1. The average Bonchev–Trinajstić information content (AvgIpc) is 2.57. The molecule has 1 heterocycles. The summed E-state index contributed by atoms with van der Waals surface area (Å²) in [6.45, 7) is 3.67. The second-order valence-electron chi connectivity index (χ2n) is 3.45. The standard InChI is InChI=1S/C11H10ClN3O/c1-7-13-8(2)15(14-7)11-4-3-9(6-16)5-10(11)12/h3-6H,1-2H3. The first-order valence-corrected chi connectivity index (χ1v) is 5.15. The predicted octanol–water partition coefficient (Wildman–Crippen LogP) is 2.35. The van der Waals surface area contributed by atoms with Crippen LogP contribution in [-0.2, 0) is 0 Å². The van der Waals surface area contributed by atoms with Crippen LogP contribution in [0.2, 0.25) is 5.02 Å². The highest BCUT2D eigenvalue weighted by Gasteiger charge is 2.09. The van der Waals surface area contributed by atoms with E-state index in [-0.39, 0.29) is 0 Å². The molecule has 4 nitrogen and oxygen atoms in total. The normalized spacial score (nSPS) is 10.4. The van der Waals surface area contributed by atoms with Crippen molar-refractivity contribution in [2.45, 2.75) is 13.8 Å².